The largest absolute Gasteiger partial charge is 0.396 e. The Kier molecular flexibility index (Phi) is 7.33. The highest BCUT2D eigenvalue weighted by molar-refractivity contribution is 5.89. The average Bonchev–Trinajstić information content (AvgIpc) is 3.65. The molecule has 2 N–H and O–H groups in total. The minimum atomic E-state index is -0.443. The Hall–Kier alpha value is -3.34. The Balaban J connectivity index is 1.37. The third kappa shape index (κ3) is 5.04. The second-order valence-corrected chi connectivity index (χ2v) is 10.9. The Morgan fingerprint density at radius 2 is 1.74 bits per heavy atom. The van der Waals surface area contributed by atoms with Gasteiger partial charge >= 0.3 is 0 Å². The number of anilines is 1. The van der Waals surface area contributed by atoms with Crippen molar-refractivity contribution in [2.75, 3.05) is 37.8 Å². The Morgan fingerprint density at radius 3 is 2.44 bits per heavy atom. The second kappa shape index (κ2) is 11.0. The molecule has 0 bridgehead atoms. The van der Waals surface area contributed by atoms with E-state index >= 15 is 0 Å². The molecule has 39 heavy (non-hydrogen) atoms. The highest BCUT2D eigenvalue weighted by Gasteiger charge is 2.35. The van der Waals surface area contributed by atoms with Gasteiger partial charge < -0.3 is 24.4 Å². The van der Waals surface area contributed by atoms with Gasteiger partial charge in [-0.2, -0.15) is 4.98 Å². The van der Waals surface area contributed by atoms with E-state index in [1.54, 1.807) is 0 Å². The summed E-state index contributed by atoms with van der Waals surface area (Å²) in [5.41, 5.74) is 4.84. The molecule has 0 spiro atoms. The fourth-order valence-corrected chi connectivity index (χ4v) is 5.64. The Labute approximate surface area is 228 Å². The molecule has 2 saturated heterocycles. The molecule has 3 aromatic heterocycles. The van der Waals surface area contributed by atoms with Crippen LogP contribution in [-0.4, -0.2) is 72.2 Å². The highest BCUT2D eigenvalue weighted by Crippen LogP contribution is 2.35. The molecule has 0 saturated carbocycles. The number of aromatic nitrogens is 6. The summed E-state index contributed by atoms with van der Waals surface area (Å²) in [6.07, 6.45) is 11.3. The van der Waals surface area contributed by atoms with Crippen molar-refractivity contribution in [3.05, 3.63) is 43.1 Å². The summed E-state index contributed by atoms with van der Waals surface area (Å²) in [6, 6.07) is 8.32. The van der Waals surface area contributed by atoms with Gasteiger partial charge in [-0.25, -0.2) is 15.0 Å². The normalized spacial score (nSPS) is 19.6. The van der Waals surface area contributed by atoms with Crippen molar-refractivity contribution in [3.8, 4) is 22.5 Å². The number of benzene rings is 1. The number of aliphatic hydroxyl groups excluding tert-OH is 2. The van der Waals surface area contributed by atoms with Crippen molar-refractivity contribution in [1.82, 2.24) is 29.1 Å². The monoisotopic (exact) mass is 531 g/mol. The number of aryl methyl sites for hydroxylation is 1. The molecule has 206 valence electrons. The summed E-state index contributed by atoms with van der Waals surface area (Å²) in [5.74, 6) is 0.641. The van der Waals surface area contributed by atoms with Crippen LogP contribution in [0.15, 0.2) is 43.1 Å². The smallest absolute Gasteiger partial charge is 0.228 e. The van der Waals surface area contributed by atoms with Crippen molar-refractivity contribution in [3.63, 3.8) is 0 Å². The zero-order valence-electron chi connectivity index (χ0n) is 22.5. The molecule has 5 heterocycles. The van der Waals surface area contributed by atoms with Crippen molar-refractivity contribution in [2.45, 2.75) is 58.2 Å². The maximum absolute atomic E-state index is 9.88. The third-order valence-electron chi connectivity index (χ3n) is 8.22. The minimum absolute atomic E-state index is 0.0166. The van der Waals surface area contributed by atoms with E-state index in [1.807, 2.05) is 17.2 Å². The lowest BCUT2D eigenvalue weighted by Gasteiger charge is -2.39. The molecule has 1 atom stereocenters. The van der Waals surface area contributed by atoms with E-state index < -0.39 is 5.41 Å². The van der Waals surface area contributed by atoms with Crippen molar-refractivity contribution in [1.29, 1.82) is 0 Å². The number of hydrogen-bond acceptors (Lipinski definition) is 8. The van der Waals surface area contributed by atoms with Gasteiger partial charge in [0.25, 0.3) is 0 Å². The van der Waals surface area contributed by atoms with Gasteiger partial charge in [0, 0.05) is 49.0 Å². The molecule has 10 nitrogen and oxygen atoms in total. The number of imidazole rings is 2. The first-order valence-electron chi connectivity index (χ1n) is 14.1. The summed E-state index contributed by atoms with van der Waals surface area (Å²) in [7, 11) is 0. The van der Waals surface area contributed by atoms with Crippen molar-refractivity contribution >= 4 is 17.1 Å². The number of fused-ring (bicyclic) bond motifs is 1. The van der Waals surface area contributed by atoms with Crippen molar-refractivity contribution in [2.24, 2.45) is 5.41 Å². The zero-order valence-corrected chi connectivity index (χ0v) is 22.5. The Bertz CT molecular complexity index is 1390. The van der Waals surface area contributed by atoms with E-state index in [-0.39, 0.29) is 19.4 Å². The molecule has 2 aliphatic heterocycles. The first-order valence-corrected chi connectivity index (χ1v) is 14.1. The molecular formula is C29H37N7O3. The Morgan fingerprint density at radius 1 is 0.974 bits per heavy atom. The number of piperidine rings is 1. The lowest BCUT2D eigenvalue weighted by molar-refractivity contribution is -0.0298. The van der Waals surface area contributed by atoms with Gasteiger partial charge in [0.1, 0.15) is 17.4 Å². The third-order valence-corrected chi connectivity index (χ3v) is 8.22. The molecule has 0 aliphatic carbocycles. The molecular weight excluding hydrogens is 494 g/mol. The van der Waals surface area contributed by atoms with Gasteiger partial charge in [0.2, 0.25) is 5.95 Å². The van der Waals surface area contributed by atoms with Gasteiger partial charge in [-0.3, -0.25) is 4.57 Å². The van der Waals surface area contributed by atoms with E-state index in [1.165, 1.54) is 0 Å². The lowest BCUT2D eigenvalue weighted by atomic mass is 9.80. The van der Waals surface area contributed by atoms with Crippen LogP contribution < -0.4 is 4.90 Å². The fraction of sp³-hybridized carbons (Fsp3) is 0.517. The fourth-order valence-electron chi connectivity index (χ4n) is 5.64. The van der Waals surface area contributed by atoms with Crippen molar-refractivity contribution < 1.29 is 14.9 Å². The van der Waals surface area contributed by atoms with E-state index in [9.17, 15) is 10.2 Å². The number of ether oxygens (including phenoxy) is 1. The predicted octanol–water partition coefficient (Wildman–Crippen LogP) is 4.04. The van der Waals surface area contributed by atoms with E-state index in [0.717, 1.165) is 72.5 Å². The maximum Gasteiger partial charge on any atom is 0.228 e. The molecule has 4 aromatic rings. The molecule has 2 fully saturated rings. The second-order valence-electron chi connectivity index (χ2n) is 10.9. The SMILES string of the molecule is CCCn1cnc(-c2ccc(-c3nc(N4CCC(CO)(CO)CC4)nc4c3ncn4C3CCCCO3)cc2)c1. The number of hydrogen-bond donors (Lipinski definition) is 2. The summed E-state index contributed by atoms with van der Waals surface area (Å²) >= 11 is 0. The van der Waals surface area contributed by atoms with Crippen LogP contribution >= 0.6 is 0 Å². The summed E-state index contributed by atoms with van der Waals surface area (Å²) in [4.78, 5) is 21.5. The summed E-state index contributed by atoms with van der Waals surface area (Å²) in [6.45, 7) is 5.15. The molecule has 0 radical (unpaired) electrons. The first kappa shape index (κ1) is 25.9. The number of aliphatic hydroxyl groups is 2. The van der Waals surface area contributed by atoms with E-state index in [0.29, 0.717) is 31.9 Å². The summed E-state index contributed by atoms with van der Waals surface area (Å²) in [5, 5.41) is 19.8. The molecule has 6 rings (SSSR count). The number of nitrogens with zero attached hydrogens (tertiary/aromatic N) is 7. The first-order chi connectivity index (χ1) is 19.1. The van der Waals surface area contributed by atoms with Crippen LogP contribution in [0.2, 0.25) is 0 Å². The molecule has 1 unspecified atom stereocenters. The van der Waals surface area contributed by atoms with E-state index in [4.69, 9.17) is 19.7 Å². The topological polar surface area (TPSA) is 114 Å². The predicted molar refractivity (Wildman–Crippen MR) is 149 cm³/mol. The van der Waals surface area contributed by atoms with Crippen LogP contribution in [0.25, 0.3) is 33.7 Å². The number of rotatable bonds is 8. The van der Waals surface area contributed by atoms with Gasteiger partial charge in [-0.05, 0) is 38.5 Å². The molecule has 1 aromatic carbocycles. The quantitative estimate of drug-likeness (QED) is 0.350. The summed E-state index contributed by atoms with van der Waals surface area (Å²) < 4.78 is 10.3. The minimum Gasteiger partial charge on any atom is -0.396 e. The molecule has 2 aliphatic rings. The maximum atomic E-state index is 9.88. The molecule has 0 amide bonds. The average molecular weight is 532 g/mol. The van der Waals surface area contributed by atoms with Gasteiger partial charge in [-0.1, -0.05) is 31.2 Å². The van der Waals surface area contributed by atoms with Crippen LogP contribution in [0.5, 0.6) is 0 Å². The van der Waals surface area contributed by atoms with Crippen LogP contribution in [-0.2, 0) is 11.3 Å². The highest BCUT2D eigenvalue weighted by atomic mass is 16.5. The standard InChI is InChI=1S/C29H37N7O3/c1-2-12-34-16-23(30-19-34)21-6-8-22(9-7-21)25-26-27(36(20-31-26)24-5-3-4-15-39-24)33-28(32-25)35-13-10-29(17-37,18-38)11-14-35/h6-9,16,19-20,24,37-38H,2-5,10-15,17-18H2,1H3. The van der Waals surface area contributed by atoms with Crippen LogP contribution in [0.1, 0.15) is 51.7 Å². The van der Waals surface area contributed by atoms with Gasteiger partial charge in [0.05, 0.1) is 31.6 Å². The molecule has 10 heteroatoms. The van der Waals surface area contributed by atoms with Crippen LogP contribution in [0, 0.1) is 5.41 Å². The van der Waals surface area contributed by atoms with Crippen LogP contribution in [0.3, 0.4) is 0 Å². The van der Waals surface area contributed by atoms with E-state index in [2.05, 4.69) is 51.8 Å². The van der Waals surface area contributed by atoms with Gasteiger partial charge in [0.15, 0.2) is 5.65 Å². The van der Waals surface area contributed by atoms with Gasteiger partial charge in [-0.15, -0.1) is 0 Å². The zero-order chi connectivity index (χ0) is 26.8. The van der Waals surface area contributed by atoms with Crippen LogP contribution in [0.4, 0.5) is 5.95 Å². The lowest BCUT2D eigenvalue weighted by Crippen LogP contribution is -2.44.